The molecule has 0 aliphatic heterocycles. The summed E-state index contributed by atoms with van der Waals surface area (Å²) >= 11 is 5.90. The topological polar surface area (TPSA) is 29.1 Å². The molecule has 0 heterocycles. The van der Waals surface area contributed by atoms with Gasteiger partial charge in [-0.2, -0.15) is 0 Å². The molecule has 0 bridgehead atoms. The van der Waals surface area contributed by atoms with E-state index < -0.39 is 0 Å². The van der Waals surface area contributed by atoms with E-state index in [-0.39, 0.29) is 5.91 Å². The second-order valence-corrected chi connectivity index (χ2v) is 5.18. The molecule has 1 amide bonds. The van der Waals surface area contributed by atoms with E-state index in [1.54, 1.807) is 0 Å². The minimum Gasteiger partial charge on any atom is -0.352 e. The van der Waals surface area contributed by atoms with E-state index >= 15 is 0 Å². The normalized spacial score (nSPS) is 10.2. The summed E-state index contributed by atoms with van der Waals surface area (Å²) in [5.41, 5.74) is 2.30. The molecule has 104 valence electrons. The van der Waals surface area contributed by atoms with Crippen molar-refractivity contribution in [1.29, 1.82) is 0 Å². The summed E-state index contributed by atoms with van der Waals surface area (Å²) < 4.78 is 0. The lowest BCUT2D eigenvalue weighted by Crippen LogP contribution is -2.22. The first-order chi connectivity index (χ1) is 9.74. The Balaban J connectivity index is 1.68. The van der Waals surface area contributed by atoms with Gasteiger partial charge < -0.3 is 5.32 Å². The van der Waals surface area contributed by atoms with Gasteiger partial charge in [-0.25, -0.2) is 0 Å². The van der Waals surface area contributed by atoms with Crippen LogP contribution in [-0.4, -0.2) is 5.91 Å². The minimum atomic E-state index is 0.0842. The third-order valence-electron chi connectivity index (χ3n) is 3.09. The zero-order chi connectivity index (χ0) is 14.2. The number of hydrogen-bond acceptors (Lipinski definition) is 1. The number of amides is 1. The van der Waals surface area contributed by atoms with Crippen molar-refractivity contribution < 1.29 is 4.79 Å². The van der Waals surface area contributed by atoms with Gasteiger partial charge in [0, 0.05) is 18.0 Å². The fourth-order valence-electron chi connectivity index (χ4n) is 2.03. The third-order valence-corrected chi connectivity index (χ3v) is 3.33. The molecule has 2 aromatic carbocycles. The van der Waals surface area contributed by atoms with Crippen molar-refractivity contribution in [1.82, 2.24) is 5.32 Å². The molecule has 2 rings (SSSR count). The molecule has 1 N–H and O–H groups in total. The summed E-state index contributed by atoms with van der Waals surface area (Å²) in [5, 5.41) is 3.61. The van der Waals surface area contributed by atoms with Crippen LogP contribution < -0.4 is 5.32 Å². The van der Waals surface area contributed by atoms with E-state index in [9.17, 15) is 4.79 Å². The molecule has 20 heavy (non-hydrogen) atoms. The summed E-state index contributed by atoms with van der Waals surface area (Å²) in [7, 11) is 0. The molecule has 2 aromatic rings. The predicted molar refractivity (Wildman–Crippen MR) is 82.7 cm³/mol. The lowest BCUT2D eigenvalue weighted by molar-refractivity contribution is -0.121. The number of nitrogens with one attached hydrogen (secondary N) is 1. The number of hydrogen-bond donors (Lipinski definition) is 1. The Morgan fingerprint density at radius 2 is 1.75 bits per heavy atom. The van der Waals surface area contributed by atoms with Crippen molar-refractivity contribution in [2.75, 3.05) is 0 Å². The fourth-order valence-corrected chi connectivity index (χ4v) is 2.25. The van der Waals surface area contributed by atoms with Crippen LogP contribution in [-0.2, 0) is 17.8 Å². The van der Waals surface area contributed by atoms with Gasteiger partial charge in [0.2, 0.25) is 5.91 Å². The molecular formula is C17H18ClNO. The van der Waals surface area contributed by atoms with Crippen molar-refractivity contribution in [3.05, 3.63) is 70.7 Å². The molecule has 0 unspecified atom stereocenters. The number of carbonyl (C=O) groups excluding carboxylic acids is 1. The van der Waals surface area contributed by atoms with E-state index in [1.165, 1.54) is 5.56 Å². The SMILES string of the molecule is O=C(CCCc1ccccc1)NCc1cccc(Cl)c1. The van der Waals surface area contributed by atoms with Gasteiger partial charge in [-0.05, 0) is 36.1 Å². The number of rotatable bonds is 6. The van der Waals surface area contributed by atoms with Crippen LogP contribution in [0.1, 0.15) is 24.0 Å². The highest BCUT2D eigenvalue weighted by atomic mass is 35.5. The van der Waals surface area contributed by atoms with Crippen LogP contribution >= 0.6 is 11.6 Å². The van der Waals surface area contributed by atoms with Gasteiger partial charge in [0.1, 0.15) is 0 Å². The second-order valence-electron chi connectivity index (χ2n) is 4.75. The lowest BCUT2D eigenvalue weighted by Gasteiger charge is -2.06. The smallest absolute Gasteiger partial charge is 0.220 e. The van der Waals surface area contributed by atoms with Crippen LogP contribution in [0, 0.1) is 0 Å². The maximum Gasteiger partial charge on any atom is 0.220 e. The van der Waals surface area contributed by atoms with E-state index in [0.717, 1.165) is 18.4 Å². The van der Waals surface area contributed by atoms with Crippen molar-refractivity contribution in [3.63, 3.8) is 0 Å². The van der Waals surface area contributed by atoms with Crippen molar-refractivity contribution in [3.8, 4) is 0 Å². The van der Waals surface area contributed by atoms with E-state index in [0.29, 0.717) is 18.0 Å². The molecule has 0 aliphatic rings. The molecule has 0 radical (unpaired) electrons. The maximum absolute atomic E-state index is 11.7. The molecule has 0 atom stereocenters. The Morgan fingerprint density at radius 1 is 1.00 bits per heavy atom. The van der Waals surface area contributed by atoms with Gasteiger partial charge >= 0.3 is 0 Å². The second kappa shape index (κ2) is 7.71. The van der Waals surface area contributed by atoms with Crippen LogP contribution in [0.3, 0.4) is 0 Å². The summed E-state index contributed by atoms with van der Waals surface area (Å²) in [6, 6.07) is 17.8. The Morgan fingerprint density at radius 3 is 2.50 bits per heavy atom. The zero-order valence-corrected chi connectivity index (χ0v) is 12.1. The highest BCUT2D eigenvalue weighted by Crippen LogP contribution is 2.10. The molecule has 0 fully saturated rings. The van der Waals surface area contributed by atoms with E-state index in [2.05, 4.69) is 17.4 Å². The van der Waals surface area contributed by atoms with Gasteiger partial charge in [-0.15, -0.1) is 0 Å². The number of halogens is 1. The molecule has 0 aromatic heterocycles. The Bertz CT molecular complexity index is 554. The Labute approximate surface area is 124 Å². The Hall–Kier alpha value is -1.80. The molecule has 0 spiro atoms. The molecule has 0 saturated heterocycles. The zero-order valence-electron chi connectivity index (χ0n) is 11.3. The monoisotopic (exact) mass is 287 g/mol. The first-order valence-corrected chi connectivity index (χ1v) is 7.17. The average Bonchev–Trinajstić information content (AvgIpc) is 2.46. The highest BCUT2D eigenvalue weighted by Gasteiger charge is 2.02. The number of carbonyl (C=O) groups is 1. The predicted octanol–water partition coefficient (Wildman–Crippen LogP) is 3.98. The van der Waals surface area contributed by atoms with Gasteiger partial charge in [0.15, 0.2) is 0 Å². The summed E-state index contributed by atoms with van der Waals surface area (Å²) in [6.07, 6.45) is 2.35. The standard InChI is InChI=1S/C17H18ClNO/c18-16-10-4-9-15(12-16)13-19-17(20)11-5-8-14-6-2-1-3-7-14/h1-4,6-7,9-10,12H,5,8,11,13H2,(H,19,20). The number of aryl methyl sites for hydroxylation is 1. The first-order valence-electron chi connectivity index (χ1n) is 6.79. The van der Waals surface area contributed by atoms with Crippen LogP contribution in [0.2, 0.25) is 5.02 Å². The van der Waals surface area contributed by atoms with Crippen LogP contribution in [0.4, 0.5) is 0 Å². The van der Waals surface area contributed by atoms with E-state index in [4.69, 9.17) is 11.6 Å². The van der Waals surface area contributed by atoms with Crippen molar-refractivity contribution in [2.45, 2.75) is 25.8 Å². The fraction of sp³-hybridized carbons (Fsp3) is 0.235. The third kappa shape index (κ3) is 5.06. The van der Waals surface area contributed by atoms with E-state index in [1.807, 2.05) is 42.5 Å². The highest BCUT2D eigenvalue weighted by molar-refractivity contribution is 6.30. The number of benzene rings is 2. The average molecular weight is 288 g/mol. The van der Waals surface area contributed by atoms with Crippen molar-refractivity contribution >= 4 is 17.5 Å². The Kier molecular flexibility index (Phi) is 5.63. The summed E-state index contributed by atoms with van der Waals surface area (Å²) in [4.78, 5) is 11.7. The van der Waals surface area contributed by atoms with Crippen LogP contribution in [0.15, 0.2) is 54.6 Å². The quantitative estimate of drug-likeness (QED) is 0.855. The van der Waals surface area contributed by atoms with Gasteiger partial charge in [0.25, 0.3) is 0 Å². The minimum absolute atomic E-state index is 0.0842. The largest absolute Gasteiger partial charge is 0.352 e. The molecule has 0 saturated carbocycles. The maximum atomic E-state index is 11.7. The van der Waals surface area contributed by atoms with Gasteiger partial charge in [-0.1, -0.05) is 54.1 Å². The first kappa shape index (κ1) is 14.6. The van der Waals surface area contributed by atoms with Crippen LogP contribution in [0.25, 0.3) is 0 Å². The summed E-state index contributed by atoms with van der Waals surface area (Å²) in [6.45, 7) is 0.532. The molecular weight excluding hydrogens is 270 g/mol. The van der Waals surface area contributed by atoms with Gasteiger partial charge in [-0.3, -0.25) is 4.79 Å². The molecule has 0 aliphatic carbocycles. The molecule has 2 nitrogen and oxygen atoms in total. The molecule has 3 heteroatoms. The van der Waals surface area contributed by atoms with Crippen molar-refractivity contribution in [2.24, 2.45) is 0 Å². The van der Waals surface area contributed by atoms with Gasteiger partial charge in [0.05, 0.1) is 0 Å². The lowest BCUT2D eigenvalue weighted by atomic mass is 10.1. The summed E-state index contributed by atoms with van der Waals surface area (Å²) in [5.74, 6) is 0.0842. The van der Waals surface area contributed by atoms with Crippen LogP contribution in [0.5, 0.6) is 0 Å².